The van der Waals surface area contributed by atoms with E-state index in [0.717, 1.165) is 26.0 Å². The molecule has 1 unspecified atom stereocenters. The van der Waals surface area contributed by atoms with Crippen LogP contribution in [-0.2, 0) is 14.3 Å². The predicted octanol–water partition coefficient (Wildman–Crippen LogP) is 1.61. The standard InChI is InChI=1S/C13H23NO3/c1-3-8-14(11-13(15)16-4-2)10-12-7-5-6-9-17-12/h3,12H,1,4-11H2,2H3. The van der Waals surface area contributed by atoms with E-state index in [1.807, 2.05) is 17.9 Å². The Morgan fingerprint density at radius 1 is 1.59 bits per heavy atom. The van der Waals surface area contributed by atoms with E-state index in [1.54, 1.807) is 0 Å². The van der Waals surface area contributed by atoms with Gasteiger partial charge in [-0.3, -0.25) is 9.69 Å². The SMILES string of the molecule is C=CCN(CC(=O)OCC)CC1CCCCO1. The molecule has 1 rings (SSSR count). The molecule has 1 aliphatic rings. The maximum absolute atomic E-state index is 11.4. The fourth-order valence-electron chi connectivity index (χ4n) is 2.01. The number of hydrogen-bond acceptors (Lipinski definition) is 4. The highest BCUT2D eigenvalue weighted by molar-refractivity contribution is 5.71. The number of nitrogens with zero attached hydrogens (tertiary/aromatic N) is 1. The van der Waals surface area contributed by atoms with Crippen LogP contribution in [-0.4, -0.2) is 49.8 Å². The molecule has 1 atom stereocenters. The molecule has 0 radical (unpaired) electrons. The second-order valence-corrected chi connectivity index (χ2v) is 4.28. The number of ether oxygens (including phenoxy) is 2. The summed E-state index contributed by atoms with van der Waals surface area (Å²) in [6.45, 7) is 8.60. The van der Waals surface area contributed by atoms with Gasteiger partial charge in [0.2, 0.25) is 0 Å². The molecule has 98 valence electrons. The molecule has 4 nitrogen and oxygen atoms in total. The molecule has 0 aromatic carbocycles. The molecule has 0 aliphatic carbocycles. The van der Waals surface area contributed by atoms with Gasteiger partial charge in [0.05, 0.1) is 19.3 Å². The predicted molar refractivity (Wildman–Crippen MR) is 66.9 cm³/mol. The highest BCUT2D eigenvalue weighted by atomic mass is 16.5. The summed E-state index contributed by atoms with van der Waals surface area (Å²) in [5.41, 5.74) is 0. The normalized spacial score (nSPS) is 20.2. The lowest BCUT2D eigenvalue weighted by Crippen LogP contribution is -2.39. The van der Waals surface area contributed by atoms with Gasteiger partial charge in [-0.1, -0.05) is 6.08 Å². The third kappa shape index (κ3) is 5.84. The van der Waals surface area contributed by atoms with Crippen molar-refractivity contribution in [3.63, 3.8) is 0 Å². The number of rotatable bonds is 7. The van der Waals surface area contributed by atoms with Crippen LogP contribution in [0.2, 0.25) is 0 Å². The van der Waals surface area contributed by atoms with Gasteiger partial charge in [0.25, 0.3) is 0 Å². The first-order valence-corrected chi connectivity index (χ1v) is 6.36. The van der Waals surface area contributed by atoms with Crippen molar-refractivity contribution in [1.82, 2.24) is 4.90 Å². The van der Waals surface area contributed by atoms with Crippen molar-refractivity contribution in [3.05, 3.63) is 12.7 Å². The van der Waals surface area contributed by atoms with Crippen LogP contribution in [0.5, 0.6) is 0 Å². The third-order valence-corrected chi connectivity index (χ3v) is 2.78. The van der Waals surface area contributed by atoms with Crippen LogP contribution in [0.25, 0.3) is 0 Å². The minimum Gasteiger partial charge on any atom is -0.465 e. The molecule has 0 aromatic rings. The minimum atomic E-state index is -0.176. The number of carbonyl (C=O) groups is 1. The molecule has 1 aliphatic heterocycles. The Bertz CT molecular complexity index is 237. The molecule has 0 bridgehead atoms. The van der Waals surface area contributed by atoms with E-state index in [-0.39, 0.29) is 12.1 Å². The molecular formula is C13H23NO3. The zero-order valence-corrected chi connectivity index (χ0v) is 10.7. The molecule has 1 saturated heterocycles. The molecule has 17 heavy (non-hydrogen) atoms. The van der Waals surface area contributed by atoms with Crippen LogP contribution in [0.1, 0.15) is 26.2 Å². The number of carbonyl (C=O) groups excluding carboxylic acids is 1. The Morgan fingerprint density at radius 2 is 2.41 bits per heavy atom. The highest BCUT2D eigenvalue weighted by Crippen LogP contribution is 2.13. The fraction of sp³-hybridized carbons (Fsp3) is 0.769. The first-order valence-electron chi connectivity index (χ1n) is 6.36. The van der Waals surface area contributed by atoms with E-state index in [1.165, 1.54) is 6.42 Å². The Balaban J connectivity index is 2.35. The molecule has 0 aromatic heterocycles. The monoisotopic (exact) mass is 241 g/mol. The van der Waals surface area contributed by atoms with Gasteiger partial charge in [-0.05, 0) is 26.2 Å². The molecule has 4 heteroatoms. The van der Waals surface area contributed by atoms with Crippen molar-refractivity contribution in [2.45, 2.75) is 32.3 Å². The lowest BCUT2D eigenvalue weighted by atomic mass is 10.1. The summed E-state index contributed by atoms with van der Waals surface area (Å²) in [6, 6.07) is 0. The van der Waals surface area contributed by atoms with Crippen LogP contribution < -0.4 is 0 Å². The lowest BCUT2D eigenvalue weighted by Gasteiger charge is -2.28. The van der Waals surface area contributed by atoms with E-state index in [4.69, 9.17) is 9.47 Å². The van der Waals surface area contributed by atoms with Gasteiger partial charge in [0, 0.05) is 19.7 Å². The lowest BCUT2D eigenvalue weighted by molar-refractivity contribution is -0.144. The average Bonchev–Trinajstić information content (AvgIpc) is 2.31. The maximum atomic E-state index is 11.4. The van der Waals surface area contributed by atoms with E-state index in [0.29, 0.717) is 19.7 Å². The van der Waals surface area contributed by atoms with E-state index < -0.39 is 0 Å². The van der Waals surface area contributed by atoms with Crippen molar-refractivity contribution in [3.8, 4) is 0 Å². The molecule has 0 spiro atoms. The van der Waals surface area contributed by atoms with Crippen LogP contribution in [0.3, 0.4) is 0 Å². The average molecular weight is 241 g/mol. The van der Waals surface area contributed by atoms with Gasteiger partial charge < -0.3 is 9.47 Å². The first-order chi connectivity index (χ1) is 8.26. The van der Waals surface area contributed by atoms with Crippen molar-refractivity contribution in [1.29, 1.82) is 0 Å². The van der Waals surface area contributed by atoms with Crippen LogP contribution in [0, 0.1) is 0 Å². The van der Waals surface area contributed by atoms with E-state index in [9.17, 15) is 4.79 Å². The molecule has 1 heterocycles. The fourth-order valence-corrected chi connectivity index (χ4v) is 2.01. The summed E-state index contributed by atoms with van der Waals surface area (Å²) >= 11 is 0. The summed E-state index contributed by atoms with van der Waals surface area (Å²) in [5, 5.41) is 0. The molecule has 0 amide bonds. The summed E-state index contributed by atoms with van der Waals surface area (Å²) in [4.78, 5) is 13.5. The summed E-state index contributed by atoms with van der Waals surface area (Å²) < 4.78 is 10.6. The largest absolute Gasteiger partial charge is 0.465 e. The van der Waals surface area contributed by atoms with Gasteiger partial charge in [-0.25, -0.2) is 0 Å². The van der Waals surface area contributed by atoms with E-state index >= 15 is 0 Å². The number of hydrogen-bond donors (Lipinski definition) is 0. The Hall–Kier alpha value is -0.870. The molecule has 0 N–H and O–H groups in total. The second kappa shape index (κ2) is 8.25. The smallest absolute Gasteiger partial charge is 0.320 e. The topological polar surface area (TPSA) is 38.8 Å². The Labute approximate surface area is 104 Å². The van der Waals surface area contributed by atoms with Crippen molar-refractivity contribution >= 4 is 5.97 Å². The summed E-state index contributed by atoms with van der Waals surface area (Å²) in [7, 11) is 0. The van der Waals surface area contributed by atoms with Gasteiger partial charge >= 0.3 is 5.97 Å². The summed E-state index contributed by atoms with van der Waals surface area (Å²) in [5.74, 6) is -0.176. The number of esters is 1. The zero-order valence-electron chi connectivity index (χ0n) is 10.7. The quantitative estimate of drug-likeness (QED) is 0.501. The summed E-state index contributed by atoms with van der Waals surface area (Å²) in [6.07, 6.45) is 5.50. The van der Waals surface area contributed by atoms with Crippen LogP contribution in [0.15, 0.2) is 12.7 Å². The molecule has 0 saturated carbocycles. The molecule has 1 fully saturated rings. The Morgan fingerprint density at radius 3 is 3.00 bits per heavy atom. The first kappa shape index (κ1) is 14.2. The van der Waals surface area contributed by atoms with Gasteiger partial charge in [0.15, 0.2) is 0 Å². The zero-order chi connectivity index (χ0) is 12.5. The second-order valence-electron chi connectivity index (χ2n) is 4.28. The third-order valence-electron chi connectivity index (χ3n) is 2.78. The highest BCUT2D eigenvalue weighted by Gasteiger charge is 2.19. The van der Waals surface area contributed by atoms with Crippen LogP contribution in [0.4, 0.5) is 0 Å². The van der Waals surface area contributed by atoms with Crippen molar-refractivity contribution in [2.24, 2.45) is 0 Å². The van der Waals surface area contributed by atoms with E-state index in [2.05, 4.69) is 6.58 Å². The molecular weight excluding hydrogens is 218 g/mol. The van der Waals surface area contributed by atoms with Crippen molar-refractivity contribution in [2.75, 3.05) is 32.8 Å². The Kier molecular flexibility index (Phi) is 6.89. The minimum absolute atomic E-state index is 0.176. The van der Waals surface area contributed by atoms with Gasteiger partial charge in [-0.2, -0.15) is 0 Å². The van der Waals surface area contributed by atoms with Crippen LogP contribution >= 0.6 is 0 Å². The van der Waals surface area contributed by atoms with Gasteiger partial charge in [0.1, 0.15) is 0 Å². The maximum Gasteiger partial charge on any atom is 0.320 e. The van der Waals surface area contributed by atoms with Gasteiger partial charge in [-0.15, -0.1) is 6.58 Å². The van der Waals surface area contributed by atoms with Crippen molar-refractivity contribution < 1.29 is 14.3 Å².